The van der Waals surface area contributed by atoms with E-state index < -0.39 is 11.7 Å². The van der Waals surface area contributed by atoms with Crippen molar-refractivity contribution in [1.82, 2.24) is 4.90 Å². The van der Waals surface area contributed by atoms with E-state index in [1.807, 2.05) is 0 Å². The van der Waals surface area contributed by atoms with Crippen LogP contribution in [0.4, 0.5) is 18.9 Å². The van der Waals surface area contributed by atoms with Crippen LogP contribution in [0.15, 0.2) is 23.1 Å². The van der Waals surface area contributed by atoms with Gasteiger partial charge in [-0.2, -0.15) is 13.2 Å². The van der Waals surface area contributed by atoms with Gasteiger partial charge in [-0.3, -0.25) is 0 Å². The molecular formula is C13H19F3N2S. The number of benzene rings is 1. The third-order valence-corrected chi connectivity index (χ3v) is 3.87. The zero-order valence-electron chi connectivity index (χ0n) is 11.1. The lowest BCUT2D eigenvalue weighted by Gasteiger charge is -2.17. The Bertz CT molecular complexity index is 403. The fourth-order valence-electron chi connectivity index (χ4n) is 1.70. The van der Waals surface area contributed by atoms with Gasteiger partial charge in [0.1, 0.15) is 0 Å². The predicted octanol–water partition coefficient (Wildman–Crippen LogP) is 3.72. The Morgan fingerprint density at radius 3 is 2.37 bits per heavy atom. The van der Waals surface area contributed by atoms with Crippen molar-refractivity contribution in [2.75, 3.05) is 31.1 Å². The first-order chi connectivity index (χ1) is 8.88. The van der Waals surface area contributed by atoms with Crippen LogP contribution >= 0.6 is 11.8 Å². The van der Waals surface area contributed by atoms with Crippen LogP contribution in [0.3, 0.4) is 0 Å². The molecule has 108 valence electrons. The van der Waals surface area contributed by atoms with Crippen molar-refractivity contribution >= 4 is 17.4 Å². The molecule has 0 amide bonds. The molecule has 0 saturated heterocycles. The molecular weight excluding hydrogens is 273 g/mol. The molecule has 0 aromatic heterocycles. The van der Waals surface area contributed by atoms with Gasteiger partial charge in [0.25, 0.3) is 0 Å². The Morgan fingerprint density at radius 1 is 1.21 bits per heavy atom. The molecule has 2 nitrogen and oxygen atoms in total. The van der Waals surface area contributed by atoms with Crippen molar-refractivity contribution in [3.05, 3.63) is 23.8 Å². The smallest absolute Gasteiger partial charge is 0.398 e. The number of nitrogens with zero attached hydrogens (tertiary/aromatic N) is 1. The molecule has 1 rings (SSSR count). The van der Waals surface area contributed by atoms with Crippen LogP contribution in [0, 0.1) is 0 Å². The van der Waals surface area contributed by atoms with Crippen LogP contribution < -0.4 is 5.73 Å². The average Bonchev–Trinajstić information content (AvgIpc) is 2.35. The topological polar surface area (TPSA) is 29.3 Å². The molecule has 0 spiro atoms. The van der Waals surface area contributed by atoms with Gasteiger partial charge >= 0.3 is 6.18 Å². The maximum absolute atomic E-state index is 12.7. The number of hydrogen-bond donors (Lipinski definition) is 1. The predicted molar refractivity (Wildman–Crippen MR) is 74.4 cm³/mol. The summed E-state index contributed by atoms with van der Waals surface area (Å²) in [6, 6.07) is 4.09. The molecule has 1 aromatic rings. The van der Waals surface area contributed by atoms with E-state index in [9.17, 15) is 13.2 Å². The van der Waals surface area contributed by atoms with Gasteiger partial charge < -0.3 is 10.6 Å². The lowest BCUT2D eigenvalue weighted by atomic mass is 10.2. The molecule has 0 unspecified atom stereocenters. The highest BCUT2D eigenvalue weighted by molar-refractivity contribution is 7.99. The van der Waals surface area contributed by atoms with Crippen molar-refractivity contribution in [2.24, 2.45) is 0 Å². The third kappa shape index (κ3) is 4.95. The maximum atomic E-state index is 12.7. The standard InChI is InChI=1S/C13H19F3N2S/c1-3-18(4-2)7-8-19-10-5-6-12(17)11(9-10)13(14,15)16/h5-6,9H,3-4,7-8,17H2,1-2H3. The van der Waals surface area contributed by atoms with Gasteiger partial charge in [-0.05, 0) is 31.3 Å². The maximum Gasteiger partial charge on any atom is 0.418 e. The van der Waals surface area contributed by atoms with Crippen molar-refractivity contribution in [1.29, 1.82) is 0 Å². The number of halogens is 3. The molecule has 0 heterocycles. The van der Waals surface area contributed by atoms with E-state index in [-0.39, 0.29) is 5.69 Å². The number of thioether (sulfide) groups is 1. The zero-order valence-corrected chi connectivity index (χ0v) is 11.9. The number of anilines is 1. The van der Waals surface area contributed by atoms with Crippen molar-refractivity contribution in [2.45, 2.75) is 24.9 Å². The van der Waals surface area contributed by atoms with E-state index in [1.165, 1.54) is 17.8 Å². The summed E-state index contributed by atoms with van der Waals surface area (Å²) in [6.07, 6.45) is -4.39. The van der Waals surface area contributed by atoms with Crippen molar-refractivity contribution < 1.29 is 13.2 Å². The Kier molecular flexibility index (Phi) is 6.00. The summed E-state index contributed by atoms with van der Waals surface area (Å²) in [6.45, 7) is 6.90. The van der Waals surface area contributed by atoms with Crippen LogP contribution in [0.2, 0.25) is 0 Å². The van der Waals surface area contributed by atoms with Crippen LogP contribution in [-0.4, -0.2) is 30.3 Å². The molecule has 0 aliphatic carbocycles. The van der Waals surface area contributed by atoms with Gasteiger partial charge in [0.2, 0.25) is 0 Å². The Labute approximate surface area is 116 Å². The van der Waals surface area contributed by atoms with Crippen LogP contribution in [0.5, 0.6) is 0 Å². The van der Waals surface area contributed by atoms with Gasteiger partial charge in [0.15, 0.2) is 0 Å². The summed E-state index contributed by atoms with van der Waals surface area (Å²) >= 11 is 1.42. The van der Waals surface area contributed by atoms with Gasteiger partial charge in [0.05, 0.1) is 5.56 Å². The van der Waals surface area contributed by atoms with E-state index in [0.717, 1.165) is 31.5 Å². The highest BCUT2D eigenvalue weighted by atomic mass is 32.2. The van der Waals surface area contributed by atoms with Crippen molar-refractivity contribution in [3.8, 4) is 0 Å². The summed E-state index contributed by atoms with van der Waals surface area (Å²) in [4.78, 5) is 2.84. The highest BCUT2D eigenvalue weighted by Gasteiger charge is 2.33. The second-order valence-corrected chi connectivity index (χ2v) is 5.29. The molecule has 0 aliphatic heterocycles. The molecule has 1 aromatic carbocycles. The Morgan fingerprint density at radius 2 is 1.84 bits per heavy atom. The van der Waals surface area contributed by atoms with E-state index in [1.54, 1.807) is 6.07 Å². The van der Waals surface area contributed by atoms with E-state index >= 15 is 0 Å². The second-order valence-electron chi connectivity index (χ2n) is 4.12. The first-order valence-electron chi connectivity index (χ1n) is 6.20. The normalized spacial score (nSPS) is 12.1. The summed E-state index contributed by atoms with van der Waals surface area (Å²) in [5.74, 6) is 0.767. The molecule has 19 heavy (non-hydrogen) atoms. The van der Waals surface area contributed by atoms with Gasteiger partial charge in [-0.1, -0.05) is 13.8 Å². The largest absolute Gasteiger partial charge is 0.418 e. The highest BCUT2D eigenvalue weighted by Crippen LogP contribution is 2.35. The minimum Gasteiger partial charge on any atom is -0.398 e. The third-order valence-electron chi connectivity index (χ3n) is 2.90. The summed E-state index contributed by atoms with van der Waals surface area (Å²) in [7, 11) is 0. The summed E-state index contributed by atoms with van der Waals surface area (Å²) < 4.78 is 38.1. The number of nitrogens with two attached hydrogens (primary N) is 1. The second kappa shape index (κ2) is 7.05. The van der Waals surface area contributed by atoms with Crippen LogP contribution in [0.25, 0.3) is 0 Å². The zero-order chi connectivity index (χ0) is 14.5. The SMILES string of the molecule is CCN(CC)CCSc1ccc(N)c(C(F)(F)F)c1. The van der Waals surface area contributed by atoms with E-state index in [4.69, 9.17) is 5.73 Å². The first-order valence-corrected chi connectivity index (χ1v) is 7.18. The van der Waals surface area contributed by atoms with Gasteiger partial charge in [-0.25, -0.2) is 0 Å². The lowest BCUT2D eigenvalue weighted by molar-refractivity contribution is -0.137. The number of nitrogen functional groups attached to an aromatic ring is 1. The molecule has 0 bridgehead atoms. The van der Waals surface area contributed by atoms with Gasteiger partial charge in [-0.15, -0.1) is 11.8 Å². The molecule has 2 N–H and O–H groups in total. The number of rotatable bonds is 6. The van der Waals surface area contributed by atoms with Crippen LogP contribution in [-0.2, 0) is 6.18 Å². The minimum absolute atomic E-state index is 0.222. The molecule has 0 fully saturated rings. The van der Waals surface area contributed by atoms with Crippen LogP contribution in [0.1, 0.15) is 19.4 Å². The minimum atomic E-state index is -4.39. The van der Waals surface area contributed by atoms with Gasteiger partial charge in [0, 0.05) is 22.9 Å². The fourth-order valence-corrected chi connectivity index (χ4v) is 2.65. The fraction of sp³-hybridized carbons (Fsp3) is 0.538. The number of hydrogen-bond acceptors (Lipinski definition) is 3. The Hall–Kier alpha value is -0.880. The van der Waals surface area contributed by atoms with E-state index in [0.29, 0.717) is 4.90 Å². The molecule has 0 atom stereocenters. The summed E-state index contributed by atoms with van der Waals surface area (Å²) in [5, 5.41) is 0. The number of alkyl halides is 3. The summed E-state index contributed by atoms with van der Waals surface area (Å²) in [5.41, 5.74) is 4.39. The molecule has 0 radical (unpaired) electrons. The molecule has 0 aliphatic rings. The first kappa shape index (κ1) is 16.2. The monoisotopic (exact) mass is 292 g/mol. The molecule has 6 heteroatoms. The lowest BCUT2D eigenvalue weighted by Crippen LogP contribution is -2.25. The Balaban J connectivity index is 2.65. The quantitative estimate of drug-likeness (QED) is 0.640. The molecule has 0 saturated carbocycles. The average molecular weight is 292 g/mol. The van der Waals surface area contributed by atoms with Crippen molar-refractivity contribution in [3.63, 3.8) is 0 Å². The van der Waals surface area contributed by atoms with E-state index in [2.05, 4.69) is 18.7 Å².